The summed E-state index contributed by atoms with van der Waals surface area (Å²) in [4.78, 5) is 4.73. The van der Waals surface area contributed by atoms with Gasteiger partial charge in [-0.05, 0) is 143 Å². The maximum atomic E-state index is 3.95. The Hall–Kier alpha value is -5.15. The molecule has 6 aromatic carbocycles. The molecule has 1 fully saturated rings. The van der Waals surface area contributed by atoms with E-state index < -0.39 is 0 Å². The Kier molecular flexibility index (Phi) is 9.89. The Morgan fingerprint density at radius 3 is 1.45 bits per heavy atom. The van der Waals surface area contributed by atoms with Gasteiger partial charge in [-0.15, -0.1) is 0 Å². The summed E-state index contributed by atoms with van der Waals surface area (Å²) in [6.07, 6.45) is 5.08. The molecule has 0 amide bonds. The van der Waals surface area contributed by atoms with Crippen LogP contribution >= 0.6 is 0 Å². The number of fused-ring (bicyclic) bond motifs is 1. The Morgan fingerprint density at radius 1 is 0.510 bits per heavy atom. The molecule has 0 aromatic heterocycles. The van der Waals surface area contributed by atoms with Crippen LogP contribution in [0.5, 0.6) is 0 Å². The zero-order valence-corrected chi connectivity index (χ0v) is 29.1. The lowest BCUT2D eigenvalue weighted by Gasteiger charge is -2.28. The molecule has 246 valence electrons. The standard InChI is InChI=1S/C46H48N3/c1-4-48(38-14-8-6-9-15-38)40-28-22-35(23-29-40)46(36-24-30-41(31-25-36)49(5-2)39-16-10-7-11-17-39)44-32-33-45(43-19-13-12-18-42(43)44)47-37-26-20-34(3)21-27-37/h6-19,22-25,28-34,37,47H,4-5,20-21,26-27H2,1-3H3/q+1. The van der Waals surface area contributed by atoms with Crippen molar-refractivity contribution in [2.24, 2.45) is 5.92 Å². The molecule has 0 saturated heterocycles. The van der Waals surface area contributed by atoms with Gasteiger partial charge in [0.05, 0.1) is 39.7 Å². The number of nitrogens with zero attached hydrogens (tertiary/aromatic N) is 2. The van der Waals surface area contributed by atoms with Crippen molar-refractivity contribution in [2.75, 3.05) is 28.2 Å². The smallest absolute Gasteiger partial charge is 0.0638 e. The normalized spacial score (nSPS) is 15.9. The molecule has 0 bridgehead atoms. The monoisotopic (exact) mass is 642 g/mol. The SMILES string of the molecule is CCN(c1ccccc1)c1ccc([C+](c2ccc(N(CC)c3ccccc3)cc2)c2ccc(NC3CCC(C)CC3)c3ccccc23)cc1. The minimum Gasteiger partial charge on any atom is -0.381 e. The molecule has 0 spiro atoms. The summed E-state index contributed by atoms with van der Waals surface area (Å²) in [5, 5.41) is 6.51. The molecule has 1 aliphatic rings. The fourth-order valence-corrected chi connectivity index (χ4v) is 7.61. The van der Waals surface area contributed by atoms with Gasteiger partial charge in [0.2, 0.25) is 0 Å². The number of hydrogen-bond donors (Lipinski definition) is 1. The zero-order valence-electron chi connectivity index (χ0n) is 29.1. The van der Waals surface area contributed by atoms with Crippen LogP contribution in [0.1, 0.15) is 63.1 Å². The average molecular weight is 643 g/mol. The number of para-hydroxylation sites is 2. The molecule has 1 aliphatic carbocycles. The lowest BCUT2D eigenvalue weighted by molar-refractivity contribution is 0.361. The van der Waals surface area contributed by atoms with Crippen LogP contribution in [0, 0.1) is 11.8 Å². The van der Waals surface area contributed by atoms with Crippen LogP contribution in [0.4, 0.5) is 28.4 Å². The van der Waals surface area contributed by atoms with Crippen LogP contribution in [0.2, 0.25) is 0 Å². The van der Waals surface area contributed by atoms with Crippen molar-refractivity contribution in [2.45, 2.75) is 52.5 Å². The molecule has 1 saturated carbocycles. The molecular weight excluding hydrogens is 595 g/mol. The van der Waals surface area contributed by atoms with Crippen molar-refractivity contribution in [1.82, 2.24) is 0 Å². The predicted molar refractivity (Wildman–Crippen MR) is 211 cm³/mol. The molecule has 3 heteroatoms. The molecule has 49 heavy (non-hydrogen) atoms. The number of rotatable bonds is 11. The van der Waals surface area contributed by atoms with Crippen LogP contribution < -0.4 is 15.1 Å². The number of nitrogens with one attached hydrogen (secondary N) is 1. The van der Waals surface area contributed by atoms with Crippen LogP contribution in [0.25, 0.3) is 10.8 Å². The minimum atomic E-state index is 0.534. The minimum absolute atomic E-state index is 0.534. The van der Waals surface area contributed by atoms with Gasteiger partial charge in [0.15, 0.2) is 0 Å². The summed E-state index contributed by atoms with van der Waals surface area (Å²) in [6, 6.07) is 53.8. The molecule has 6 aromatic rings. The topological polar surface area (TPSA) is 18.5 Å². The maximum Gasteiger partial charge on any atom is 0.0638 e. The van der Waals surface area contributed by atoms with Crippen molar-refractivity contribution in [3.05, 3.63) is 168 Å². The molecule has 0 atom stereocenters. The van der Waals surface area contributed by atoms with Gasteiger partial charge >= 0.3 is 0 Å². The lowest BCUT2D eigenvalue weighted by atomic mass is 9.82. The van der Waals surface area contributed by atoms with Gasteiger partial charge in [0.1, 0.15) is 0 Å². The van der Waals surface area contributed by atoms with Crippen LogP contribution in [0.15, 0.2) is 146 Å². The Labute approximate surface area is 293 Å². The van der Waals surface area contributed by atoms with E-state index in [1.54, 1.807) is 0 Å². The first-order valence-corrected chi connectivity index (χ1v) is 18.1. The largest absolute Gasteiger partial charge is 0.381 e. The summed E-state index contributed by atoms with van der Waals surface area (Å²) in [7, 11) is 0. The van der Waals surface area contributed by atoms with E-state index in [1.165, 1.54) is 87.5 Å². The molecule has 0 unspecified atom stereocenters. The average Bonchev–Trinajstić information content (AvgIpc) is 3.16. The fraction of sp³-hybridized carbons (Fsp3) is 0.239. The first kappa shape index (κ1) is 32.4. The number of benzene rings is 6. The zero-order chi connectivity index (χ0) is 33.6. The molecule has 3 nitrogen and oxygen atoms in total. The summed E-state index contributed by atoms with van der Waals surface area (Å²) in [5.41, 5.74) is 9.72. The number of hydrogen-bond acceptors (Lipinski definition) is 3. The molecule has 0 heterocycles. The van der Waals surface area contributed by atoms with E-state index in [0.717, 1.165) is 19.0 Å². The summed E-state index contributed by atoms with van der Waals surface area (Å²) >= 11 is 0. The quantitative estimate of drug-likeness (QED) is 0.112. The molecular formula is C46H48N3+. The first-order chi connectivity index (χ1) is 24.1. The number of anilines is 5. The van der Waals surface area contributed by atoms with Crippen molar-refractivity contribution in [3.8, 4) is 0 Å². The van der Waals surface area contributed by atoms with E-state index >= 15 is 0 Å². The van der Waals surface area contributed by atoms with Gasteiger partial charge in [0.25, 0.3) is 0 Å². The third-order valence-corrected chi connectivity index (χ3v) is 10.3. The first-order valence-electron chi connectivity index (χ1n) is 18.1. The van der Waals surface area contributed by atoms with E-state index in [2.05, 4.69) is 181 Å². The molecule has 0 aliphatic heterocycles. The van der Waals surface area contributed by atoms with Crippen molar-refractivity contribution < 1.29 is 0 Å². The van der Waals surface area contributed by atoms with E-state index in [9.17, 15) is 0 Å². The van der Waals surface area contributed by atoms with Crippen molar-refractivity contribution >= 4 is 39.2 Å². The molecule has 0 radical (unpaired) electrons. The van der Waals surface area contributed by atoms with Gasteiger partial charge in [-0.1, -0.05) is 55.5 Å². The van der Waals surface area contributed by atoms with Gasteiger partial charge in [0, 0.05) is 41.3 Å². The highest BCUT2D eigenvalue weighted by atomic mass is 15.1. The fourth-order valence-electron chi connectivity index (χ4n) is 7.61. The second kappa shape index (κ2) is 15.0. The van der Waals surface area contributed by atoms with Gasteiger partial charge < -0.3 is 15.1 Å². The van der Waals surface area contributed by atoms with E-state index in [4.69, 9.17) is 0 Å². The van der Waals surface area contributed by atoms with Crippen molar-refractivity contribution in [1.29, 1.82) is 0 Å². The second-order valence-electron chi connectivity index (χ2n) is 13.4. The van der Waals surface area contributed by atoms with Gasteiger partial charge in [-0.3, -0.25) is 0 Å². The maximum absolute atomic E-state index is 3.95. The Morgan fingerprint density at radius 2 is 0.959 bits per heavy atom. The van der Waals surface area contributed by atoms with E-state index in [1.807, 2.05) is 0 Å². The van der Waals surface area contributed by atoms with E-state index in [0.29, 0.717) is 6.04 Å². The Balaban J connectivity index is 1.29. The third kappa shape index (κ3) is 7.03. The predicted octanol–water partition coefficient (Wildman–Crippen LogP) is 12.2. The third-order valence-electron chi connectivity index (χ3n) is 10.3. The van der Waals surface area contributed by atoms with Gasteiger partial charge in [-0.2, -0.15) is 0 Å². The van der Waals surface area contributed by atoms with E-state index in [-0.39, 0.29) is 0 Å². The molecule has 7 rings (SSSR count). The summed E-state index contributed by atoms with van der Waals surface area (Å²) in [6.45, 7) is 8.61. The Bertz CT molecular complexity index is 1830. The van der Waals surface area contributed by atoms with Crippen LogP contribution in [-0.2, 0) is 0 Å². The highest BCUT2D eigenvalue weighted by molar-refractivity contribution is 5.98. The van der Waals surface area contributed by atoms with Crippen LogP contribution in [-0.4, -0.2) is 19.1 Å². The highest BCUT2D eigenvalue weighted by Crippen LogP contribution is 2.40. The van der Waals surface area contributed by atoms with Crippen molar-refractivity contribution in [3.63, 3.8) is 0 Å². The molecule has 1 N–H and O–H groups in total. The lowest BCUT2D eigenvalue weighted by Crippen LogP contribution is -2.25. The summed E-state index contributed by atoms with van der Waals surface area (Å²) in [5.74, 6) is 2.08. The van der Waals surface area contributed by atoms with Gasteiger partial charge in [-0.25, -0.2) is 0 Å². The second-order valence-corrected chi connectivity index (χ2v) is 13.4. The summed E-state index contributed by atoms with van der Waals surface area (Å²) < 4.78 is 0. The van der Waals surface area contributed by atoms with Crippen LogP contribution in [0.3, 0.4) is 0 Å². The highest BCUT2D eigenvalue weighted by Gasteiger charge is 2.27.